The van der Waals surface area contributed by atoms with Crippen LogP contribution in [0.4, 0.5) is 13.2 Å². The number of halogens is 3. The fraction of sp³-hybridized carbons (Fsp3) is 0.500. The van der Waals surface area contributed by atoms with E-state index in [2.05, 4.69) is 0 Å². The predicted molar refractivity (Wildman–Crippen MR) is 58.1 cm³/mol. The van der Waals surface area contributed by atoms with Crippen molar-refractivity contribution in [3.63, 3.8) is 0 Å². The van der Waals surface area contributed by atoms with E-state index in [-0.39, 0.29) is 11.0 Å². The summed E-state index contributed by atoms with van der Waals surface area (Å²) in [6.45, 7) is 6.02. The highest BCUT2D eigenvalue weighted by atomic mass is 19.4. The van der Waals surface area contributed by atoms with Crippen molar-refractivity contribution in [2.24, 2.45) is 5.73 Å². The SMILES string of the molecule is CC(C)(C)c1ccc(C(N)C(F)(F)F)cc1. The summed E-state index contributed by atoms with van der Waals surface area (Å²) in [7, 11) is 0. The van der Waals surface area contributed by atoms with Gasteiger partial charge in [0.25, 0.3) is 0 Å². The third-order valence-corrected chi connectivity index (χ3v) is 2.49. The van der Waals surface area contributed by atoms with E-state index in [4.69, 9.17) is 5.73 Å². The first-order valence-corrected chi connectivity index (χ1v) is 5.05. The lowest BCUT2D eigenvalue weighted by atomic mass is 9.86. The Morgan fingerprint density at radius 1 is 1.00 bits per heavy atom. The summed E-state index contributed by atoms with van der Waals surface area (Å²) >= 11 is 0. The highest BCUT2D eigenvalue weighted by Gasteiger charge is 2.37. The molecule has 4 heteroatoms. The van der Waals surface area contributed by atoms with Gasteiger partial charge in [0.2, 0.25) is 0 Å². The largest absolute Gasteiger partial charge is 0.407 e. The number of alkyl halides is 3. The lowest BCUT2D eigenvalue weighted by Crippen LogP contribution is -2.28. The smallest absolute Gasteiger partial charge is 0.316 e. The molecule has 1 unspecified atom stereocenters. The van der Waals surface area contributed by atoms with Gasteiger partial charge in [0.15, 0.2) is 0 Å². The molecule has 0 bridgehead atoms. The predicted octanol–water partition coefficient (Wildman–Crippen LogP) is 3.55. The lowest BCUT2D eigenvalue weighted by molar-refractivity contribution is -0.149. The molecule has 0 aliphatic rings. The van der Waals surface area contributed by atoms with Gasteiger partial charge in [-0.05, 0) is 16.5 Å². The molecule has 0 fully saturated rings. The lowest BCUT2D eigenvalue weighted by Gasteiger charge is -2.21. The van der Waals surface area contributed by atoms with Crippen LogP contribution >= 0.6 is 0 Å². The number of benzene rings is 1. The number of hydrogen-bond donors (Lipinski definition) is 1. The van der Waals surface area contributed by atoms with Crippen LogP contribution in [-0.2, 0) is 5.41 Å². The molecule has 1 aromatic carbocycles. The number of nitrogens with two attached hydrogens (primary N) is 1. The van der Waals surface area contributed by atoms with Crippen LogP contribution in [0.2, 0.25) is 0 Å². The Kier molecular flexibility index (Phi) is 3.33. The molecule has 1 aromatic rings. The van der Waals surface area contributed by atoms with Gasteiger partial charge in [-0.3, -0.25) is 0 Å². The summed E-state index contributed by atoms with van der Waals surface area (Å²) < 4.78 is 37.0. The molecule has 1 rings (SSSR count). The molecular formula is C12H16F3N. The van der Waals surface area contributed by atoms with E-state index in [1.54, 1.807) is 12.1 Å². The van der Waals surface area contributed by atoms with E-state index in [0.717, 1.165) is 5.56 Å². The van der Waals surface area contributed by atoms with Crippen molar-refractivity contribution >= 4 is 0 Å². The van der Waals surface area contributed by atoms with Gasteiger partial charge in [-0.2, -0.15) is 13.2 Å². The molecule has 0 spiro atoms. The van der Waals surface area contributed by atoms with Crippen molar-refractivity contribution in [3.05, 3.63) is 35.4 Å². The van der Waals surface area contributed by atoms with Crippen LogP contribution in [0, 0.1) is 0 Å². The second kappa shape index (κ2) is 4.09. The van der Waals surface area contributed by atoms with Crippen molar-refractivity contribution in [2.75, 3.05) is 0 Å². The van der Waals surface area contributed by atoms with E-state index in [0.29, 0.717) is 0 Å². The average molecular weight is 231 g/mol. The topological polar surface area (TPSA) is 26.0 Å². The minimum atomic E-state index is -4.39. The van der Waals surface area contributed by atoms with Crippen molar-refractivity contribution in [3.8, 4) is 0 Å². The average Bonchev–Trinajstić information content (AvgIpc) is 2.14. The summed E-state index contributed by atoms with van der Waals surface area (Å²) in [5, 5.41) is 0. The van der Waals surface area contributed by atoms with Crippen LogP contribution in [-0.4, -0.2) is 6.18 Å². The van der Waals surface area contributed by atoms with Crippen LogP contribution in [0.3, 0.4) is 0 Å². The second-order valence-electron chi connectivity index (χ2n) is 4.89. The minimum Gasteiger partial charge on any atom is -0.316 e. The molecule has 16 heavy (non-hydrogen) atoms. The molecule has 0 aliphatic carbocycles. The molecule has 1 atom stereocenters. The zero-order valence-corrected chi connectivity index (χ0v) is 9.60. The third kappa shape index (κ3) is 2.98. The molecule has 0 amide bonds. The Hall–Kier alpha value is -1.03. The van der Waals surface area contributed by atoms with Crippen molar-refractivity contribution in [1.82, 2.24) is 0 Å². The molecule has 0 aliphatic heterocycles. The maximum atomic E-state index is 12.3. The monoisotopic (exact) mass is 231 g/mol. The van der Waals surface area contributed by atoms with Gasteiger partial charge in [-0.15, -0.1) is 0 Å². The molecule has 0 radical (unpaired) electrons. The van der Waals surface area contributed by atoms with Crippen molar-refractivity contribution in [2.45, 2.75) is 38.4 Å². The molecule has 0 heterocycles. The summed E-state index contributed by atoms with van der Waals surface area (Å²) in [5.41, 5.74) is 6.13. The number of hydrogen-bond acceptors (Lipinski definition) is 1. The quantitative estimate of drug-likeness (QED) is 0.786. The first-order valence-electron chi connectivity index (χ1n) is 5.05. The molecule has 0 saturated heterocycles. The first kappa shape index (κ1) is 13.0. The van der Waals surface area contributed by atoms with Crippen LogP contribution in [0.1, 0.15) is 37.9 Å². The minimum absolute atomic E-state index is 0.0686. The van der Waals surface area contributed by atoms with Crippen LogP contribution in [0.25, 0.3) is 0 Å². The first-order chi connectivity index (χ1) is 7.12. The zero-order chi connectivity index (χ0) is 12.6. The normalized spacial score (nSPS) is 14.9. The summed E-state index contributed by atoms with van der Waals surface area (Å²) in [5.74, 6) is 0. The fourth-order valence-electron chi connectivity index (χ4n) is 1.38. The Balaban J connectivity index is 2.96. The van der Waals surface area contributed by atoms with Crippen LogP contribution in [0.15, 0.2) is 24.3 Å². The van der Waals surface area contributed by atoms with Gasteiger partial charge < -0.3 is 5.73 Å². The molecule has 90 valence electrons. The molecule has 0 aromatic heterocycles. The van der Waals surface area contributed by atoms with Gasteiger partial charge >= 0.3 is 6.18 Å². The molecule has 1 nitrogen and oxygen atoms in total. The summed E-state index contributed by atoms with van der Waals surface area (Å²) in [4.78, 5) is 0. The van der Waals surface area contributed by atoms with Gasteiger partial charge in [-0.25, -0.2) is 0 Å². The van der Waals surface area contributed by atoms with Crippen LogP contribution in [0.5, 0.6) is 0 Å². The summed E-state index contributed by atoms with van der Waals surface area (Å²) in [6, 6.07) is 4.38. The van der Waals surface area contributed by atoms with Crippen LogP contribution < -0.4 is 5.73 Å². The van der Waals surface area contributed by atoms with Gasteiger partial charge in [-0.1, -0.05) is 45.0 Å². The second-order valence-corrected chi connectivity index (χ2v) is 4.89. The van der Waals surface area contributed by atoms with Crippen molar-refractivity contribution in [1.29, 1.82) is 0 Å². The van der Waals surface area contributed by atoms with E-state index in [9.17, 15) is 13.2 Å². The maximum Gasteiger partial charge on any atom is 0.407 e. The van der Waals surface area contributed by atoms with E-state index in [1.807, 2.05) is 20.8 Å². The highest BCUT2D eigenvalue weighted by Crippen LogP contribution is 2.31. The van der Waals surface area contributed by atoms with Gasteiger partial charge in [0.1, 0.15) is 6.04 Å². The zero-order valence-electron chi connectivity index (χ0n) is 9.60. The van der Waals surface area contributed by atoms with E-state index < -0.39 is 12.2 Å². The van der Waals surface area contributed by atoms with E-state index in [1.165, 1.54) is 12.1 Å². The Labute approximate surface area is 93.5 Å². The van der Waals surface area contributed by atoms with Gasteiger partial charge in [0.05, 0.1) is 0 Å². The van der Waals surface area contributed by atoms with Crippen molar-refractivity contribution < 1.29 is 13.2 Å². The van der Waals surface area contributed by atoms with E-state index >= 15 is 0 Å². The molecule has 0 saturated carbocycles. The fourth-order valence-corrected chi connectivity index (χ4v) is 1.38. The van der Waals surface area contributed by atoms with Gasteiger partial charge in [0, 0.05) is 0 Å². The Bertz CT molecular complexity index is 346. The molecular weight excluding hydrogens is 215 g/mol. The summed E-state index contributed by atoms with van der Waals surface area (Å²) in [6.07, 6.45) is -4.39. The standard InChI is InChI=1S/C12H16F3N/c1-11(2,3)9-6-4-8(5-7-9)10(16)12(13,14)15/h4-7,10H,16H2,1-3H3. The number of rotatable bonds is 1. The molecule has 2 N–H and O–H groups in total. The maximum absolute atomic E-state index is 12.3. The highest BCUT2D eigenvalue weighted by molar-refractivity contribution is 5.29. The third-order valence-electron chi connectivity index (χ3n) is 2.49. The Morgan fingerprint density at radius 2 is 1.44 bits per heavy atom. The Morgan fingerprint density at radius 3 is 1.75 bits per heavy atom.